The van der Waals surface area contributed by atoms with Gasteiger partial charge >= 0.3 is 0 Å². The number of fused-ring (bicyclic) bond motifs is 1. The van der Waals surface area contributed by atoms with Crippen LogP contribution in [0.15, 0.2) is 11.6 Å². The lowest BCUT2D eigenvalue weighted by molar-refractivity contribution is 0.174. The van der Waals surface area contributed by atoms with Crippen LogP contribution < -0.4 is 0 Å². The minimum Gasteiger partial charge on any atom is -0.392 e. The Morgan fingerprint density at radius 1 is 1.62 bits per heavy atom. The van der Waals surface area contributed by atoms with Crippen LogP contribution in [-0.2, 0) is 6.54 Å². The van der Waals surface area contributed by atoms with Gasteiger partial charge in [-0.1, -0.05) is 0 Å². The van der Waals surface area contributed by atoms with E-state index in [1.54, 1.807) is 11.3 Å². The molecule has 0 aromatic carbocycles. The Labute approximate surface area is 98.1 Å². The molecule has 2 aromatic heterocycles. The van der Waals surface area contributed by atoms with Gasteiger partial charge in [0.15, 0.2) is 4.96 Å². The molecule has 3 rings (SSSR count). The molecule has 0 amide bonds. The minimum absolute atomic E-state index is 0.147. The number of hydrogen-bond acceptors (Lipinski definition) is 4. The fourth-order valence-corrected chi connectivity index (χ4v) is 3.08. The van der Waals surface area contributed by atoms with Crippen molar-refractivity contribution in [3.05, 3.63) is 23.0 Å². The molecule has 0 spiro atoms. The summed E-state index contributed by atoms with van der Waals surface area (Å²) in [7, 11) is 0. The molecular weight excluding hydrogens is 222 g/mol. The van der Waals surface area contributed by atoms with Crippen LogP contribution in [-0.4, -0.2) is 38.6 Å². The summed E-state index contributed by atoms with van der Waals surface area (Å²) in [5.41, 5.74) is 2.36. The van der Waals surface area contributed by atoms with Crippen LogP contribution in [0.3, 0.4) is 0 Å². The average molecular weight is 237 g/mol. The third kappa shape index (κ3) is 1.65. The van der Waals surface area contributed by atoms with Crippen LogP contribution in [0.25, 0.3) is 4.96 Å². The topological polar surface area (TPSA) is 40.8 Å². The van der Waals surface area contributed by atoms with Gasteiger partial charge in [0, 0.05) is 31.2 Å². The normalized spacial score (nSPS) is 22.2. The molecule has 1 atom stereocenters. The zero-order chi connectivity index (χ0) is 11.1. The molecule has 1 fully saturated rings. The molecule has 3 heterocycles. The molecule has 86 valence electrons. The fourth-order valence-electron chi connectivity index (χ4n) is 2.30. The van der Waals surface area contributed by atoms with Crippen molar-refractivity contribution in [3.63, 3.8) is 0 Å². The highest BCUT2D eigenvalue weighted by Gasteiger charge is 2.22. The third-order valence-electron chi connectivity index (χ3n) is 3.18. The summed E-state index contributed by atoms with van der Waals surface area (Å²) in [5.74, 6) is 0. The Morgan fingerprint density at radius 2 is 2.50 bits per heavy atom. The quantitative estimate of drug-likeness (QED) is 0.855. The van der Waals surface area contributed by atoms with E-state index in [1.807, 2.05) is 0 Å². The van der Waals surface area contributed by atoms with E-state index in [0.717, 1.165) is 36.7 Å². The standard InChI is InChI=1S/C11H15N3OS/c1-8-10(7-13-3-2-9(15)6-13)14-4-5-16-11(14)12-8/h4-5,9,15H,2-3,6-7H2,1H3/t9-/m1/s1. The van der Waals surface area contributed by atoms with E-state index in [1.165, 1.54) is 5.69 Å². The zero-order valence-corrected chi connectivity index (χ0v) is 10.1. The number of hydrogen-bond donors (Lipinski definition) is 1. The van der Waals surface area contributed by atoms with E-state index in [2.05, 4.69) is 32.8 Å². The highest BCUT2D eigenvalue weighted by atomic mass is 32.1. The molecule has 5 heteroatoms. The highest BCUT2D eigenvalue weighted by molar-refractivity contribution is 7.15. The number of aryl methyl sites for hydroxylation is 1. The van der Waals surface area contributed by atoms with Crippen molar-refractivity contribution in [1.29, 1.82) is 0 Å². The van der Waals surface area contributed by atoms with Crippen LogP contribution >= 0.6 is 11.3 Å². The number of aromatic nitrogens is 2. The number of thiazole rings is 1. The number of aliphatic hydroxyl groups is 1. The summed E-state index contributed by atoms with van der Waals surface area (Å²) >= 11 is 1.66. The van der Waals surface area contributed by atoms with Crippen LogP contribution in [0, 0.1) is 6.92 Å². The fraction of sp³-hybridized carbons (Fsp3) is 0.545. The Balaban J connectivity index is 1.88. The maximum Gasteiger partial charge on any atom is 0.194 e. The Bertz CT molecular complexity index is 504. The highest BCUT2D eigenvalue weighted by Crippen LogP contribution is 2.20. The van der Waals surface area contributed by atoms with Gasteiger partial charge in [0.05, 0.1) is 17.5 Å². The Hall–Kier alpha value is -0.910. The second kappa shape index (κ2) is 3.84. The van der Waals surface area contributed by atoms with Gasteiger partial charge in [-0.2, -0.15) is 0 Å². The number of nitrogens with zero attached hydrogens (tertiary/aromatic N) is 3. The molecule has 0 bridgehead atoms. The van der Waals surface area contributed by atoms with Crippen molar-refractivity contribution < 1.29 is 5.11 Å². The van der Waals surface area contributed by atoms with Gasteiger partial charge in [-0.25, -0.2) is 4.98 Å². The Morgan fingerprint density at radius 3 is 3.25 bits per heavy atom. The molecule has 0 aliphatic carbocycles. The molecule has 16 heavy (non-hydrogen) atoms. The first-order valence-corrected chi connectivity index (χ1v) is 6.43. The van der Waals surface area contributed by atoms with E-state index < -0.39 is 0 Å². The van der Waals surface area contributed by atoms with E-state index in [9.17, 15) is 5.11 Å². The van der Waals surface area contributed by atoms with Crippen LogP contribution in [0.2, 0.25) is 0 Å². The van der Waals surface area contributed by atoms with E-state index in [-0.39, 0.29) is 6.10 Å². The van der Waals surface area contributed by atoms with Crippen LogP contribution in [0.4, 0.5) is 0 Å². The van der Waals surface area contributed by atoms with Gasteiger partial charge in [0.2, 0.25) is 0 Å². The lowest BCUT2D eigenvalue weighted by atomic mass is 10.3. The predicted octanol–water partition coefficient (Wildman–Crippen LogP) is 1.27. The van der Waals surface area contributed by atoms with Crippen molar-refractivity contribution in [1.82, 2.24) is 14.3 Å². The molecule has 0 saturated carbocycles. The maximum atomic E-state index is 9.51. The molecule has 1 N–H and O–H groups in total. The summed E-state index contributed by atoms with van der Waals surface area (Å²) in [4.78, 5) is 7.88. The lowest BCUT2D eigenvalue weighted by Crippen LogP contribution is -2.22. The minimum atomic E-state index is -0.147. The van der Waals surface area contributed by atoms with Crippen molar-refractivity contribution in [2.45, 2.75) is 26.0 Å². The van der Waals surface area contributed by atoms with Gasteiger partial charge in [-0.15, -0.1) is 11.3 Å². The molecule has 2 aromatic rings. The van der Waals surface area contributed by atoms with Crippen LogP contribution in [0.5, 0.6) is 0 Å². The summed E-state index contributed by atoms with van der Waals surface area (Å²) in [5, 5.41) is 11.6. The smallest absolute Gasteiger partial charge is 0.194 e. The molecule has 1 aliphatic rings. The second-order valence-electron chi connectivity index (χ2n) is 4.38. The number of likely N-dealkylation sites (tertiary alicyclic amines) is 1. The first-order valence-electron chi connectivity index (χ1n) is 5.55. The van der Waals surface area contributed by atoms with Gasteiger partial charge < -0.3 is 5.11 Å². The van der Waals surface area contributed by atoms with Crippen molar-refractivity contribution >= 4 is 16.3 Å². The molecular formula is C11H15N3OS. The second-order valence-corrected chi connectivity index (χ2v) is 5.25. The molecule has 1 saturated heterocycles. The first-order chi connectivity index (χ1) is 7.74. The van der Waals surface area contributed by atoms with Crippen molar-refractivity contribution in [3.8, 4) is 0 Å². The molecule has 0 unspecified atom stereocenters. The van der Waals surface area contributed by atoms with Crippen LogP contribution in [0.1, 0.15) is 17.8 Å². The number of β-amino-alcohol motifs (C(OH)–C–C–N with tert-alkyl or cyclic N) is 1. The third-order valence-corrected chi connectivity index (χ3v) is 3.94. The van der Waals surface area contributed by atoms with E-state index in [4.69, 9.17) is 0 Å². The monoisotopic (exact) mass is 237 g/mol. The average Bonchev–Trinajstić information content (AvgIpc) is 2.88. The first kappa shape index (κ1) is 10.3. The SMILES string of the molecule is Cc1nc2sccn2c1CN1CC[C@@H](O)C1. The number of rotatable bonds is 2. The lowest BCUT2D eigenvalue weighted by Gasteiger charge is -2.14. The predicted molar refractivity (Wildman–Crippen MR) is 63.7 cm³/mol. The summed E-state index contributed by atoms with van der Waals surface area (Å²) < 4.78 is 2.16. The molecule has 0 radical (unpaired) electrons. The van der Waals surface area contributed by atoms with Gasteiger partial charge in [0.25, 0.3) is 0 Å². The zero-order valence-electron chi connectivity index (χ0n) is 9.26. The van der Waals surface area contributed by atoms with E-state index in [0.29, 0.717) is 0 Å². The van der Waals surface area contributed by atoms with Gasteiger partial charge in [-0.3, -0.25) is 9.30 Å². The van der Waals surface area contributed by atoms with E-state index >= 15 is 0 Å². The van der Waals surface area contributed by atoms with Crippen molar-refractivity contribution in [2.24, 2.45) is 0 Å². The summed E-state index contributed by atoms with van der Waals surface area (Å²) in [6.07, 6.45) is 2.82. The largest absolute Gasteiger partial charge is 0.392 e. The molecule has 4 nitrogen and oxygen atoms in total. The van der Waals surface area contributed by atoms with Gasteiger partial charge in [-0.05, 0) is 13.3 Å². The van der Waals surface area contributed by atoms with Gasteiger partial charge in [0.1, 0.15) is 0 Å². The Kier molecular flexibility index (Phi) is 2.46. The molecule has 1 aliphatic heterocycles. The maximum absolute atomic E-state index is 9.51. The number of imidazole rings is 1. The van der Waals surface area contributed by atoms with Crippen molar-refractivity contribution in [2.75, 3.05) is 13.1 Å². The summed E-state index contributed by atoms with van der Waals surface area (Å²) in [6, 6.07) is 0. The summed E-state index contributed by atoms with van der Waals surface area (Å²) in [6.45, 7) is 4.72. The number of aliphatic hydroxyl groups excluding tert-OH is 1.